The first-order chi connectivity index (χ1) is 10.7. The lowest BCUT2D eigenvalue weighted by atomic mass is 9.76. The van der Waals surface area contributed by atoms with Crippen molar-refractivity contribution >= 4 is 23.0 Å². The van der Waals surface area contributed by atoms with E-state index < -0.39 is 0 Å². The fourth-order valence-corrected chi connectivity index (χ4v) is 4.14. The van der Waals surface area contributed by atoms with E-state index in [1.807, 2.05) is 0 Å². The van der Waals surface area contributed by atoms with Gasteiger partial charge in [-0.2, -0.15) is 5.10 Å². The number of hydrazone groups is 1. The van der Waals surface area contributed by atoms with E-state index in [4.69, 9.17) is 17.3 Å². The quantitative estimate of drug-likeness (QED) is 0.840. The number of benzene rings is 1. The lowest BCUT2D eigenvalue weighted by Crippen LogP contribution is -2.39. The topological polar surface area (TPSA) is 27.6 Å². The molecule has 3 aliphatic rings. The van der Waals surface area contributed by atoms with E-state index in [1.54, 1.807) is 0 Å². The van der Waals surface area contributed by atoms with Crippen LogP contribution in [0, 0.1) is 11.8 Å². The van der Waals surface area contributed by atoms with Gasteiger partial charge in [0.1, 0.15) is 0 Å². The molecule has 22 heavy (non-hydrogen) atoms. The summed E-state index contributed by atoms with van der Waals surface area (Å²) in [7, 11) is 0. The molecule has 2 saturated carbocycles. The second-order valence-corrected chi connectivity index (χ2v) is 7.27. The first-order valence-electron chi connectivity index (χ1n) is 8.47. The van der Waals surface area contributed by atoms with Crippen LogP contribution in [0.4, 0.5) is 0 Å². The minimum atomic E-state index is 0.276. The van der Waals surface area contributed by atoms with Gasteiger partial charge in [-0.1, -0.05) is 43.7 Å². The van der Waals surface area contributed by atoms with E-state index in [1.165, 1.54) is 43.4 Å². The fraction of sp³-hybridized carbons (Fsp3) is 0.556. The van der Waals surface area contributed by atoms with Gasteiger partial charge < -0.3 is 5.32 Å². The van der Waals surface area contributed by atoms with Gasteiger partial charge in [-0.3, -0.25) is 0 Å². The highest BCUT2D eigenvalue weighted by Gasteiger charge is 2.43. The van der Waals surface area contributed by atoms with Crippen molar-refractivity contribution in [1.82, 2.24) is 10.3 Å². The van der Waals surface area contributed by atoms with Crippen molar-refractivity contribution < 1.29 is 0 Å². The molecule has 0 spiro atoms. The Morgan fingerprint density at radius 3 is 2.68 bits per heavy atom. The second-order valence-electron chi connectivity index (χ2n) is 6.89. The number of nitrogens with one attached hydrogen (secondary N) is 1. The molecular formula is C18H23N3S. The van der Waals surface area contributed by atoms with Gasteiger partial charge in [-0.05, 0) is 49.4 Å². The summed E-state index contributed by atoms with van der Waals surface area (Å²) in [4.78, 5) is 0. The van der Waals surface area contributed by atoms with Crippen LogP contribution in [-0.2, 0) is 0 Å². The van der Waals surface area contributed by atoms with Crippen molar-refractivity contribution in [3.05, 3.63) is 35.9 Å². The summed E-state index contributed by atoms with van der Waals surface area (Å²) in [6.07, 6.45) is 6.25. The predicted octanol–water partition coefficient (Wildman–Crippen LogP) is 3.87. The zero-order valence-corrected chi connectivity index (χ0v) is 13.9. The Morgan fingerprint density at radius 1 is 1.18 bits per heavy atom. The summed E-state index contributed by atoms with van der Waals surface area (Å²) in [6.45, 7) is 2.31. The molecule has 3 nitrogen and oxygen atoms in total. The molecule has 1 aromatic carbocycles. The van der Waals surface area contributed by atoms with Gasteiger partial charge in [-0.15, -0.1) is 0 Å². The largest absolute Gasteiger partial charge is 0.358 e. The van der Waals surface area contributed by atoms with Crippen LogP contribution in [0.15, 0.2) is 35.4 Å². The van der Waals surface area contributed by atoms with Crippen molar-refractivity contribution in [3.8, 4) is 0 Å². The van der Waals surface area contributed by atoms with Crippen molar-refractivity contribution in [2.75, 3.05) is 0 Å². The third-order valence-electron chi connectivity index (χ3n) is 5.16. The van der Waals surface area contributed by atoms with Crippen LogP contribution in [-0.4, -0.2) is 21.9 Å². The summed E-state index contributed by atoms with van der Waals surface area (Å²) in [5, 5.41) is 11.4. The molecule has 1 heterocycles. The Labute approximate surface area is 137 Å². The maximum Gasteiger partial charge on any atom is 0.190 e. The molecule has 0 aromatic heterocycles. The van der Waals surface area contributed by atoms with Gasteiger partial charge in [0, 0.05) is 17.7 Å². The minimum Gasteiger partial charge on any atom is -0.358 e. The summed E-state index contributed by atoms with van der Waals surface area (Å²) in [5.41, 5.74) is 2.69. The van der Waals surface area contributed by atoms with E-state index in [0.29, 0.717) is 17.9 Å². The molecule has 2 fully saturated rings. The molecule has 1 N–H and O–H groups in total. The predicted molar refractivity (Wildman–Crippen MR) is 93.7 cm³/mol. The van der Waals surface area contributed by atoms with Crippen LogP contribution in [0.2, 0.25) is 0 Å². The Bertz CT molecular complexity index is 594. The van der Waals surface area contributed by atoms with Crippen LogP contribution in [0.3, 0.4) is 0 Å². The maximum absolute atomic E-state index is 5.68. The van der Waals surface area contributed by atoms with Crippen LogP contribution in [0.1, 0.15) is 50.6 Å². The highest BCUT2D eigenvalue weighted by molar-refractivity contribution is 7.80. The van der Waals surface area contributed by atoms with Crippen molar-refractivity contribution in [2.24, 2.45) is 16.9 Å². The van der Waals surface area contributed by atoms with Crippen molar-refractivity contribution in [2.45, 2.75) is 51.1 Å². The molecule has 1 aromatic rings. The van der Waals surface area contributed by atoms with Gasteiger partial charge in [0.2, 0.25) is 0 Å². The van der Waals surface area contributed by atoms with E-state index in [-0.39, 0.29) is 6.04 Å². The maximum atomic E-state index is 5.68. The van der Waals surface area contributed by atoms with Gasteiger partial charge in [0.15, 0.2) is 5.11 Å². The van der Waals surface area contributed by atoms with Crippen molar-refractivity contribution in [1.29, 1.82) is 0 Å². The van der Waals surface area contributed by atoms with Gasteiger partial charge in [-0.25, -0.2) is 5.01 Å². The molecule has 116 valence electrons. The van der Waals surface area contributed by atoms with Crippen LogP contribution in [0.25, 0.3) is 0 Å². The first-order valence-corrected chi connectivity index (χ1v) is 8.88. The van der Waals surface area contributed by atoms with E-state index in [9.17, 15) is 0 Å². The smallest absolute Gasteiger partial charge is 0.190 e. The number of hydrogen-bond acceptors (Lipinski definition) is 2. The molecule has 4 rings (SSSR count). The molecule has 0 amide bonds. The lowest BCUT2D eigenvalue weighted by molar-refractivity contribution is 0.292. The molecule has 3 atom stereocenters. The van der Waals surface area contributed by atoms with Gasteiger partial charge in [0.05, 0.1) is 6.04 Å². The summed E-state index contributed by atoms with van der Waals surface area (Å²) < 4.78 is 0. The molecular weight excluding hydrogens is 290 g/mol. The molecule has 0 radical (unpaired) electrons. The lowest BCUT2D eigenvalue weighted by Gasteiger charge is -2.31. The van der Waals surface area contributed by atoms with Crippen molar-refractivity contribution in [3.63, 3.8) is 0 Å². The molecule has 0 saturated heterocycles. The minimum absolute atomic E-state index is 0.276. The third kappa shape index (κ3) is 2.54. The summed E-state index contributed by atoms with van der Waals surface area (Å²) in [5.74, 6) is 1.10. The van der Waals surface area contributed by atoms with E-state index in [2.05, 4.69) is 47.6 Å². The second kappa shape index (κ2) is 5.65. The van der Waals surface area contributed by atoms with E-state index in [0.717, 1.165) is 5.11 Å². The number of rotatable bonds is 2. The number of nitrogens with zero attached hydrogens (tertiary/aromatic N) is 2. The number of fused-ring (bicyclic) bond motifs is 1. The van der Waals surface area contributed by atoms with Crippen LogP contribution >= 0.6 is 12.2 Å². The Hall–Kier alpha value is -1.42. The Balaban J connectivity index is 1.67. The van der Waals surface area contributed by atoms with Crippen LogP contribution < -0.4 is 5.32 Å². The normalized spacial score (nSPS) is 30.7. The Morgan fingerprint density at radius 2 is 1.95 bits per heavy atom. The monoisotopic (exact) mass is 313 g/mol. The summed E-state index contributed by atoms with van der Waals surface area (Å²) >= 11 is 5.68. The first kappa shape index (κ1) is 14.2. The standard InChI is InChI=1S/C18H23N3S/c1-12-6-5-9-15-16(12)20-21(18(22)19-14-10-11-14)17(15)13-7-3-2-4-8-13/h2-4,7-8,12,14-15,17H,5-6,9-11H2,1H3,(H,19,22)/t12?,15-,17-/m1/s1. The highest BCUT2D eigenvalue weighted by Crippen LogP contribution is 2.44. The third-order valence-corrected chi connectivity index (χ3v) is 5.46. The molecule has 0 bridgehead atoms. The number of hydrogen-bond donors (Lipinski definition) is 1. The van der Waals surface area contributed by atoms with Gasteiger partial charge >= 0.3 is 0 Å². The van der Waals surface area contributed by atoms with Crippen LogP contribution in [0.5, 0.6) is 0 Å². The zero-order chi connectivity index (χ0) is 15.1. The summed E-state index contributed by atoms with van der Waals surface area (Å²) in [6, 6.07) is 11.6. The average molecular weight is 313 g/mol. The molecule has 4 heteroatoms. The SMILES string of the molecule is CC1CCC[C@@H]2C1=NN(C(=S)NC1CC1)[C@@H]2c1ccccc1. The molecule has 1 unspecified atom stereocenters. The highest BCUT2D eigenvalue weighted by atomic mass is 32.1. The van der Waals surface area contributed by atoms with E-state index >= 15 is 0 Å². The zero-order valence-electron chi connectivity index (χ0n) is 13.0. The molecule has 2 aliphatic carbocycles. The fourth-order valence-electron chi connectivity index (χ4n) is 3.82. The molecule has 1 aliphatic heterocycles. The Kier molecular flexibility index (Phi) is 3.65. The average Bonchev–Trinajstić information content (AvgIpc) is 3.25. The van der Waals surface area contributed by atoms with Gasteiger partial charge in [0.25, 0.3) is 0 Å². The number of thiocarbonyl (C=S) groups is 1.